The number of ketones is 1. The van der Waals surface area contributed by atoms with E-state index in [0.29, 0.717) is 30.1 Å². The van der Waals surface area contributed by atoms with Gasteiger partial charge < -0.3 is 9.84 Å². The highest BCUT2D eigenvalue weighted by Crippen LogP contribution is 2.67. The first-order valence-corrected chi connectivity index (χ1v) is 9.46. The van der Waals surface area contributed by atoms with Gasteiger partial charge in [0.05, 0.1) is 12.7 Å². The smallest absolute Gasteiger partial charge is 0.173 e. The fourth-order valence-corrected chi connectivity index (χ4v) is 6.92. The molecule has 0 aromatic rings. The zero-order valence-corrected chi connectivity index (χ0v) is 14.3. The minimum Gasteiger partial charge on any atom is -0.393 e. The lowest BCUT2D eigenvalue weighted by molar-refractivity contribution is -0.135. The molecule has 126 valence electrons. The van der Waals surface area contributed by atoms with Gasteiger partial charge in [0.2, 0.25) is 0 Å². The monoisotopic (exact) mass is 316 g/mol. The van der Waals surface area contributed by atoms with E-state index >= 15 is 0 Å². The molecule has 0 radical (unpaired) electrons. The van der Waals surface area contributed by atoms with Crippen LogP contribution in [0.5, 0.6) is 0 Å². The average Bonchev–Trinajstić information content (AvgIpc) is 3.26. The molecule has 7 atom stereocenters. The SMILES string of the molecule is C[C@]12CC[C@H](O)CC1=CC[C@@H]1[C@@H]2CC[C@]2(C)C(=O)[C@@]3(CO3)C[C@@H]12. The summed E-state index contributed by atoms with van der Waals surface area (Å²) < 4.78 is 5.65. The lowest BCUT2D eigenvalue weighted by Crippen LogP contribution is -2.50. The van der Waals surface area contributed by atoms with Crippen LogP contribution in [0.25, 0.3) is 0 Å². The lowest BCUT2D eigenvalue weighted by atomic mass is 9.48. The molecule has 0 unspecified atom stereocenters. The number of hydrogen-bond acceptors (Lipinski definition) is 3. The number of fused-ring (bicyclic) bond motifs is 5. The topological polar surface area (TPSA) is 49.8 Å². The normalized spacial score (nSPS) is 57.5. The molecule has 3 nitrogen and oxygen atoms in total. The number of rotatable bonds is 0. The van der Waals surface area contributed by atoms with Crippen molar-refractivity contribution in [3.8, 4) is 0 Å². The second kappa shape index (κ2) is 4.29. The molecule has 0 amide bonds. The van der Waals surface area contributed by atoms with Gasteiger partial charge in [0.25, 0.3) is 0 Å². The van der Waals surface area contributed by atoms with Crippen molar-refractivity contribution in [2.75, 3.05) is 6.61 Å². The van der Waals surface area contributed by atoms with Gasteiger partial charge in [0.1, 0.15) is 0 Å². The summed E-state index contributed by atoms with van der Waals surface area (Å²) in [5.74, 6) is 2.23. The fourth-order valence-electron chi connectivity index (χ4n) is 6.92. The van der Waals surface area contributed by atoms with Crippen LogP contribution in [0, 0.1) is 28.6 Å². The van der Waals surface area contributed by atoms with Crippen molar-refractivity contribution >= 4 is 5.78 Å². The maximum absolute atomic E-state index is 13.0. The minimum atomic E-state index is -0.387. The van der Waals surface area contributed by atoms with Crippen LogP contribution in [-0.2, 0) is 9.53 Å². The average molecular weight is 316 g/mol. The Labute approximate surface area is 138 Å². The number of hydrogen-bond donors (Lipinski definition) is 1. The summed E-state index contributed by atoms with van der Waals surface area (Å²) in [6, 6.07) is 0. The predicted molar refractivity (Wildman–Crippen MR) is 86.8 cm³/mol. The zero-order chi connectivity index (χ0) is 16.0. The molecular formula is C20H28O3. The van der Waals surface area contributed by atoms with Crippen molar-refractivity contribution in [2.45, 2.75) is 70.5 Å². The van der Waals surface area contributed by atoms with Crippen molar-refractivity contribution in [1.82, 2.24) is 0 Å². The van der Waals surface area contributed by atoms with Crippen LogP contribution in [0.4, 0.5) is 0 Å². The molecule has 0 aromatic carbocycles. The Bertz CT molecular complexity index is 604. The largest absolute Gasteiger partial charge is 0.393 e. The van der Waals surface area contributed by atoms with Gasteiger partial charge in [-0.2, -0.15) is 0 Å². The quantitative estimate of drug-likeness (QED) is 0.551. The number of ether oxygens (including phenoxy) is 1. The Morgan fingerprint density at radius 2 is 1.91 bits per heavy atom. The molecule has 4 aliphatic carbocycles. The Kier molecular flexibility index (Phi) is 2.73. The Balaban J connectivity index is 1.52. The van der Waals surface area contributed by atoms with Crippen molar-refractivity contribution in [2.24, 2.45) is 28.6 Å². The molecule has 1 saturated heterocycles. The molecular weight excluding hydrogens is 288 g/mol. The zero-order valence-electron chi connectivity index (χ0n) is 14.3. The number of allylic oxidation sites excluding steroid dienone is 1. The van der Waals surface area contributed by atoms with Crippen LogP contribution >= 0.6 is 0 Å². The molecule has 0 bridgehead atoms. The maximum atomic E-state index is 13.0. The summed E-state index contributed by atoms with van der Waals surface area (Å²) >= 11 is 0. The second-order valence-corrected chi connectivity index (χ2v) is 9.43. The number of epoxide rings is 1. The highest BCUT2D eigenvalue weighted by molar-refractivity contribution is 5.97. The minimum absolute atomic E-state index is 0.143. The molecule has 3 saturated carbocycles. The van der Waals surface area contributed by atoms with Crippen molar-refractivity contribution < 1.29 is 14.6 Å². The number of carbonyl (C=O) groups excluding carboxylic acids is 1. The number of aliphatic hydroxyl groups excluding tert-OH is 1. The second-order valence-electron chi connectivity index (χ2n) is 9.43. The summed E-state index contributed by atoms with van der Waals surface area (Å²) in [6.45, 7) is 5.32. The molecule has 1 heterocycles. The highest BCUT2D eigenvalue weighted by atomic mass is 16.6. The first-order valence-electron chi connectivity index (χ1n) is 9.46. The van der Waals surface area contributed by atoms with Gasteiger partial charge in [0.15, 0.2) is 11.4 Å². The first-order chi connectivity index (χ1) is 10.9. The third-order valence-electron chi connectivity index (χ3n) is 8.44. The Morgan fingerprint density at radius 1 is 1.17 bits per heavy atom. The van der Waals surface area contributed by atoms with Gasteiger partial charge in [0, 0.05) is 5.41 Å². The van der Waals surface area contributed by atoms with Gasteiger partial charge >= 0.3 is 0 Å². The Hall–Kier alpha value is -0.670. The number of Topliss-reactive ketones (excluding diaryl/α,β-unsaturated/α-hetero) is 1. The van der Waals surface area contributed by atoms with Gasteiger partial charge in [-0.15, -0.1) is 0 Å². The highest BCUT2D eigenvalue weighted by Gasteiger charge is 2.70. The van der Waals surface area contributed by atoms with Crippen LogP contribution in [-0.4, -0.2) is 29.2 Å². The molecule has 4 fully saturated rings. The molecule has 5 aliphatic rings. The van der Waals surface area contributed by atoms with E-state index in [2.05, 4.69) is 19.9 Å². The van der Waals surface area contributed by atoms with E-state index in [1.807, 2.05) is 0 Å². The fraction of sp³-hybridized carbons (Fsp3) is 0.850. The lowest BCUT2D eigenvalue weighted by Gasteiger charge is -2.56. The van der Waals surface area contributed by atoms with Gasteiger partial charge in [-0.25, -0.2) is 0 Å². The Morgan fingerprint density at radius 3 is 2.65 bits per heavy atom. The van der Waals surface area contributed by atoms with E-state index in [9.17, 15) is 9.90 Å². The van der Waals surface area contributed by atoms with Crippen molar-refractivity contribution in [3.05, 3.63) is 11.6 Å². The first kappa shape index (κ1) is 14.7. The van der Waals surface area contributed by atoms with E-state index < -0.39 is 0 Å². The van der Waals surface area contributed by atoms with E-state index in [-0.39, 0.29) is 22.5 Å². The van der Waals surface area contributed by atoms with Crippen LogP contribution in [0.1, 0.15) is 58.8 Å². The van der Waals surface area contributed by atoms with E-state index in [4.69, 9.17) is 4.74 Å². The third kappa shape index (κ3) is 1.71. The molecule has 1 aliphatic heterocycles. The predicted octanol–water partition coefficient (Wildman–Crippen LogP) is 3.26. The van der Waals surface area contributed by atoms with Crippen molar-refractivity contribution in [1.29, 1.82) is 0 Å². The standard InChI is InChI=1S/C20H28O3/c1-18-7-5-13(21)9-12(18)3-4-14-15(18)6-8-19(2)16(14)10-20(11-23-20)17(19)22/h3,13-16,21H,4-11H2,1-2H3/t13-,14+,15-,16-,18-,19-,20-/m0/s1. The summed E-state index contributed by atoms with van der Waals surface area (Å²) in [7, 11) is 0. The summed E-state index contributed by atoms with van der Waals surface area (Å²) in [5.41, 5.74) is 1.23. The number of carbonyl (C=O) groups is 1. The van der Waals surface area contributed by atoms with E-state index in [1.54, 1.807) is 0 Å². The third-order valence-corrected chi connectivity index (χ3v) is 8.44. The van der Waals surface area contributed by atoms with Gasteiger partial charge in [-0.3, -0.25) is 4.79 Å². The van der Waals surface area contributed by atoms with Gasteiger partial charge in [-0.1, -0.05) is 25.5 Å². The molecule has 3 heteroatoms. The van der Waals surface area contributed by atoms with E-state index in [1.165, 1.54) is 12.0 Å². The number of aliphatic hydroxyl groups is 1. The molecule has 5 rings (SSSR count). The van der Waals surface area contributed by atoms with Gasteiger partial charge in [-0.05, 0) is 68.1 Å². The molecule has 1 N–H and O–H groups in total. The van der Waals surface area contributed by atoms with E-state index in [0.717, 1.165) is 38.5 Å². The molecule has 23 heavy (non-hydrogen) atoms. The van der Waals surface area contributed by atoms with Crippen LogP contribution in [0.3, 0.4) is 0 Å². The summed E-state index contributed by atoms with van der Waals surface area (Å²) in [6.07, 6.45) is 9.47. The van der Waals surface area contributed by atoms with Crippen LogP contribution in [0.15, 0.2) is 11.6 Å². The molecule has 1 spiro atoms. The molecule has 0 aromatic heterocycles. The van der Waals surface area contributed by atoms with Crippen LogP contribution in [0.2, 0.25) is 0 Å². The summed E-state index contributed by atoms with van der Waals surface area (Å²) in [5, 5.41) is 10.1. The van der Waals surface area contributed by atoms with Crippen molar-refractivity contribution in [3.63, 3.8) is 0 Å². The summed E-state index contributed by atoms with van der Waals surface area (Å²) in [4.78, 5) is 13.0. The maximum Gasteiger partial charge on any atom is 0.173 e. The van der Waals surface area contributed by atoms with Crippen LogP contribution < -0.4 is 0 Å².